The van der Waals surface area contributed by atoms with Gasteiger partial charge in [0, 0.05) is 16.3 Å². The highest BCUT2D eigenvalue weighted by Gasteiger charge is 2.12. The summed E-state index contributed by atoms with van der Waals surface area (Å²) in [5.41, 5.74) is 1.94. The Bertz CT molecular complexity index is 888. The van der Waals surface area contributed by atoms with E-state index in [9.17, 15) is 9.18 Å². The van der Waals surface area contributed by atoms with E-state index in [1.165, 1.54) is 12.1 Å². The minimum atomic E-state index is -0.491. The molecule has 0 heterocycles. The Labute approximate surface area is 156 Å². The summed E-state index contributed by atoms with van der Waals surface area (Å²) in [6.45, 7) is 2.01. The van der Waals surface area contributed by atoms with Crippen molar-refractivity contribution in [2.45, 2.75) is 13.3 Å². The zero-order valence-electron chi connectivity index (χ0n) is 14.1. The van der Waals surface area contributed by atoms with Gasteiger partial charge in [-0.3, -0.25) is 4.79 Å². The first-order valence-corrected chi connectivity index (χ1v) is 8.46. The molecule has 3 aromatic rings. The minimum absolute atomic E-state index is 0.132. The second-order valence-electron chi connectivity index (χ2n) is 5.86. The normalized spacial score (nSPS) is 10.4. The quantitative estimate of drug-likeness (QED) is 0.620. The van der Waals surface area contributed by atoms with Crippen molar-refractivity contribution < 1.29 is 13.9 Å². The monoisotopic (exact) mass is 369 g/mol. The van der Waals surface area contributed by atoms with E-state index in [2.05, 4.69) is 5.32 Å². The van der Waals surface area contributed by atoms with Gasteiger partial charge in [-0.15, -0.1) is 0 Å². The highest BCUT2D eigenvalue weighted by molar-refractivity contribution is 6.31. The average molecular weight is 370 g/mol. The lowest BCUT2D eigenvalue weighted by Gasteiger charge is -2.09. The molecule has 1 N–H and O–H groups in total. The number of ether oxygens (including phenoxy) is 1. The van der Waals surface area contributed by atoms with Gasteiger partial charge in [0.05, 0.1) is 6.42 Å². The van der Waals surface area contributed by atoms with Crippen LogP contribution >= 0.6 is 11.6 Å². The molecule has 0 fully saturated rings. The molecule has 1 amide bonds. The number of benzene rings is 3. The molecule has 3 aromatic carbocycles. The Morgan fingerprint density at radius 2 is 1.62 bits per heavy atom. The van der Waals surface area contributed by atoms with Crippen molar-refractivity contribution in [1.29, 1.82) is 0 Å². The Morgan fingerprint density at radius 1 is 1.00 bits per heavy atom. The van der Waals surface area contributed by atoms with Crippen LogP contribution in [-0.2, 0) is 11.2 Å². The highest BCUT2D eigenvalue weighted by Crippen LogP contribution is 2.24. The fourth-order valence-electron chi connectivity index (χ4n) is 2.42. The van der Waals surface area contributed by atoms with Gasteiger partial charge in [0.2, 0.25) is 5.91 Å². The maximum Gasteiger partial charge on any atom is 0.228 e. The number of aryl methyl sites for hydroxylation is 1. The van der Waals surface area contributed by atoms with Gasteiger partial charge in [0.15, 0.2) is 0 Å². The van der Waals surface area contributed by atoms with Gasteiger partial charge in [-0.25, -0.2) is 4.39 Å². The zero-order valence-corrected chi connectivity index (χ0v) is 14.9. The van der Waals surface area contributed by atoms with Gasteiger partial charge in [-0.1, -0.05) is 35.4 Å². The maximum atomic E-state index is 13.8. The van der Waals surface area contributed by atoms with Gasteiger partial charge in [0.1, 0.15) is 17.3 Å². The van der Waals surface area contributed by atoms with Crippen LogP contribution in [0.5, 0.6) is 11.5 Å². The van der Waals surface area contributed by atoms with E-state index in [1.807, 2.05) is 31.2 Å². The van der Waals surface area contributed by atoms with Crippen LogP contribution < -0.4 is 10.1 Å². The van der Waals surface area contributed by atoms with E-state index < -0.39 is 5.82 Å². The number of halogens is 2. The lowest BCUT2D eigenvalue weighted by molar-refractivity contribution is -0.115. The molecule has 0 unspecified atom stereocenters. The number of hydrogen-bond donors (Lipinski definition) is 1. The van der Waals surface area contributed by atoms with Crippen LogP contribution in [0.25, 0.3) is 0 Å². The summed E-state index contributed by atoms with van der Waals surface area (Å²) >= 11 is 5.95. The molecule has 0 bridgehead atoms. The molecule has 0 spiro atoms. The largest absolute Gasteiger partial charge is 0.457 e. The molecule has 3 nitrogen and oxygen atoms in total. The van der Waals surface area contributed by atoms with Crippen molar-refractivity contribution in [3.8, 4) is 11.5 Å². The van der Waals surface area contributed by atoms with Crippen molar-refractivity contribution in [1.82, 2.24) is 0 Å². The predicted octanol–water partition coefficient (Wildman–Crippen LogP) is 5.76. The molecular formula is C21H17ClFNO2. The van der Waals surface area contributed by atoms with Gasteiger partial charge in [0.25, 0.3) is 0 Å². The Morgan fingerprint density at radius 3 is 2.23 bits per heavy atom. The van der Waals surface area contributed by atoms with Crippen LogP contribution in [-0.4, -0.2) is 5.91 Å². The smallest absolute Gasteiger partial charge is 0.228 e. The number of carbonyl (C=O) groups excluding carboxylic acids is 1. The number of hydrogen-bond acceptors (Lipinski definition) is 2. The number of anilines is 1. The topological polar surface area (TPSA) is 38.3 Å². The third-order valence-corrected chi connectivity index (χ3v) is 4.15. The van der Waals surface area contributed by atoms with Crippen LogP contribution in [0.2, 0.25) is 5.02 Å². The SMILES string of the molecule is Cc1ccc(Oc2ccc(NC(=O)Cc3c(F)cccc3Cl)cc2)cc1. The van der Waals surface area contributed by atoms with Crippen LogP contribution in [0.3, 0.4) is 0 Å². The molecule has 0 aliphatic heterocycles. The summed E-state index contributed by atoms with van der Waals surface area (Å²) in [4.78, 5) is 12.1. The Hall–Kier alpha value is -2.85. The number of nitrogens with one attached hydrogen (secondary N) is 1. The van der Waals surface area contributed by atoms with E-state index in [0.29, 0.717) is 11.4 Å². The second kappa shape index (κ2) is 8.02. The molecule has 0 saturated carbocycles. The summed E-state index contributed by atoms with van der Waals surface area (Å²) in [7, 11) is 0. The average Bonchev–Trinajstić information content (AvgIpc) is 2.62. The Balaban J connectivity index is 1.62. The molecule has 0 aliphatic carbocycles. The van der Waals surface area contributed by atoms with Crippen LogP contribution in [0.4, 0.5) is 10.1 Å². The first-order valence-electron chi connectivity index (χ1n) is 8.08. The maximum absolute atomic E-state index is 13.8. The van der Waals surface area contributed by atoms with Crippen molar-refractivity contribution in [2.24, 2.45) is 0 Å². The third-order valence-electron chi connectivity index (χ3n) is 3.79. The van der Waals surface area contributed by atoms with Crippen molar-refractivity contribution in [3.63, 3.8) is 0 Å². The number of rotatable bonds is 5. The minimum Gasteiger partial charge on any atom is -0.457 e. The van der Waals surface area contributed by atoms with Gasteiger partial charge >= 0.3 is 0 Å². The standard InChI is InChI=1S/C21H17ClFNO2/c1-14-5-9-16(10-6-14)26-17-11-7-15(8-12-17)24-21(25)13-18-19(22)3-2-4-20(18)23/h2-12H,13H2,1H3,(H,24,25). The summed E-state index contributed by atoms with van der Waals surface area (Å²) in [5.74, 6) is 0.560. The van der Waals surface area contributed by atoms with Crippen LogP contribution in [0, 0.1) is 12.7 Å². The van der Waals surface area contributed by atoms with Crippen LogP contribution in [0.15, 0.2) is 66.7 Å². The van der Waals surface area contributed by atoms with Gasteiger partial charge < -0.3 is 10.1 Å². The zero-order chi connectivity index (χ0) is 18.5. The molecule has 132 valence electrons. The van der Waals surface area contributed by atoms with Gasteiger partial charge in [-0.05, 0) is 55.5 Å². The first kappa shape index (κ1) is 18.0. The van der Waals surface area contributed by atoms with E-state index in [0.717, 1.165) is 11.3 Å². The lowest BCUT2D eigenvalue weighted by Crippen LogP contribution is -2.15. The fourth-order valence-corrected chi connectivity index (χ4v) is 2.65. The van der Waals surface area contributed by atoms with Crippen LogP contribution in [0.1, 0.15) is 11.1 Å². The fraction of sp³-hybridized carbons (Fsp3) is 0.0952. The third kappa shape index (κ3) is 4.61. The van der Waals surface area contributed by atoms with E-state index in [-0.39, 0.29) is 22.9 Å². The highest BCUT2D eigenvalue weighted by atomic mass is 35.5. The van der Waals surface area contributed by atoms with E-state index in [4.69, 9.17) is 16.3 Å². The summed E-state index contributed by atoms with van der Waals surface area (Å²) in [6.07, 6.45) is -0.132. The Kier molecular flexibility index (Phi) is 5.54. The molecular weight excluding hydrogens is 353 g/mol. The summed E-state index contributed by atoms with van der Waals surface area (Å²) < 4.78 is 19.5. The molecule has 26 heavy (non-hydrogen) atoms. The van der Waals surface area contributed by atoms with E-state index in [1.54, 1.807) is 30.3 Å². The lowest BCUT2D eigenvalue weighted by atomic mass is 10.1. The van der Waals surface area contributed by atoms with E-state index >= 15 is 0 Å². The summed E-state index contributed by atoms with van der Waals surface area (Å²) in [5, 5.41) is 2.96. The molecule has 0 saturated heterocycles. The molecule has 5 heteroatoms. The first-order chi connectivity index (χ1) is 12.5. The molecule has 0 aliphatic rings. The second-order valence-corrected chi connectivity index (χ2v) is 6.27. The number of carbonyl (C=O) groups is 1. The molecule has 0 atom stereocenters. The van der Waals surface area contributed by atoms with Crippen molar-refractivity contribution in [3.05, 3.63) is 88.7 Å². The van der Waals surface area contributed by atoms with Crippen molar-refractivity contribution in [2.75, 3.05) is 5.32 Å². The molecule has 3 rings (SSSR count). The summed E-state index contributed by atoms with van der Waals surface area (Å²) in [6, 6.07) is 19.0. The number of amides is 1. The molecule has 0 aromatic heterocycles. The molecule has 0 radical (unpaired) electrons. The van der Waals surface area contributed by atoms with Crippen molar-refractivity contribution >= 4 is 23.2 Å². The van der Waals surface area contributed by atoms with Gasteiger partial charge in [-0.2, -0.15) is 0 Å². The predicted molar refractivity (Wildman–Crippen MR) is 101 cm³/mol.